The highest BCUT2D eigenvalue weighted by Crippen LogP contribution is 2.24. The van der Waals surface area contributed by atoms with Crippen LogP contribution in [-0.2, 0) is 4.79 Å². The molecular weight excluding hydrogens is 326 g/mol. The predicted octanol–water partition coefficient (Wildman–Crippen LogP) is 2.71. The highest BCUT2D eigenvalue weighted by atomic mass is 32.1. The SMILES string of the molecule is Cc1ccccc1[C@@H](CC(=O)Nc1nnc(C(C)C)s1)NC(N)=O. The molecule has 0 aliphatic carbocycles. The van der Waals surface area contributed by atoms with E-state index in [1.54, 1.807) is 0 Å². The number of anilines is 1. The average Bonchev–Trinajstić information content (AvgIpc) is 2.95. The van der Waals surface area contributed by atoms with Crippen LogP contribution in [-0.4, -0.2) is 22.1 Å². The van der Waals surface area contributed by atoms with Crippen LogP contribution in [0.4, 0.5) is 9.93 Å². The molecule has 0 saturated carbocycles. The monoisotopic (exact) mass is 347 g/mol. The summed E-state index contributed by atoms with van der Waals surface area (Å²) in [6, 6.07) is 6.37. The smallest absolute Gasteiger partial charge is 0.312 e. The molecule has 1 aromatic heterocycles. The van der Waals surface area contributed by atoms with Crippen LogP contribution in [0.15, 0.2) is 24.3 Å². The van der Waals surface area contributed by atoms with Gasteiger partial charge in [-0.15, -0.1) is 10.2 Å². The molecule has 0 spiro atoms. The molecule has 4 N–H and O–H groups in total. The third-order valence-electron chi connectivity index (χ3n) is 3.45. The van der Waals surface area contributed by atoms with Gasteiger partial charge in [0, 0.05) is 5.92 Å². The van der Waals surface area contributed by atoms with Crippen molar-refractivity contribution in [3.63, 3.8) is 0 Å². The van der Waals surface area contributed by atoms with Crippen LogP contribution in [0.3, 0.4) is 0 Å². The number of amides is 3. The Balaban J connectivity index is 2.09. The van der Waals surface area contributed by atoms with Gasteiger partial charge in [-0.2, -0.15) is 0 Å². The molecule has 1 heterocycles. The fourth-order valence-corrected chi connectivity index (χ4v) is 3.02. The van der Waals surface area contributed by atoms with E-state index in [-0.39, 0.29) is 18.2 Å². The fourth-order valence-electron chi connectivity index (χ4n) is 2.26. The summed E-state index contributed by atoms with van der Waals surface area (Å²) in [5.41, 5.74) is 7.07. The Kier molecular flexibility index (Phi) is 5.86. The normalized spacial score (nSPS) is 12.0. The number of aromatic nitrogens is 2. The molecule has 0 aliphatic heterocycles. The Morgan fingerprint density at radius 2 is 1.96 bits per heavy atom. The predicted molar refractivity (Wildman–Crippen MR) is 93.9 cm³/mol. The van der Waals surface area contributed by atoms with E-state index in [2.05, 4.69) is 20.8 Å². The van der Waals surface area contributed by atoms with Gasteiger partial charge in [0.1, 0.15) is 5.01 Å². The zero-order valence-corrected chi connectivity index (χ0v) is 14.7. The van der Waals surface area contributed by atoms with Crippen LogP contribution in [0.5, 0.6) is 0 Å². The molecular formula is C16H21N5O2S. The summed E-state index contributed by atoms with van der Waals surface area (Å²) in [6.45, 7) is 5.94. The Hall–Kier alpha value is -2.48. The summed E-state index contributed by atoms with van der Waals surface area (Å²) in [6.07, 6.45) is 0.0599. The number of nitrogens with two attached hydrogens (primary N) is 1. The molecule has 1 atom stereocenters. The molecule has 0 fully saturated rings. The van der Waals surface area contributed by atoms with Crippen molar-refractivity contribution in [2.24, 2.45) is 5.73 Å². The zero-order valence-electron chi connectivity index (χ0n) is 13.9. The second-order valence-corrected chi connectivity index (χ2v) is 6.78. The number of nitrogens with one attached hydrogen (secondary N) is 2. The van der Waals surface area contributed by atoms with E-state index in [0.717, 1.165) is 16.1 Å². The summed E-state index contributed by atoms with van der Waals surface area (Å²) < 4.78 is 0. The quantitative estimate of drug-likeness (QED) is 0.746. The molecule has 0 aliphatic rings. The average molecular weight is 347 g/mol. The van der Waals surface area contributed by atoms with Gasteiger partial charge in [-0.1, -0.05) is 49.4 Å². The van der Waals surface area contributed by atoms with Gasteiger partial charge in [-0.25, -0.2) is 4.79 Å². The number of primary amides is 1. The van der Waals surface area contributed by atoms with Crippen LogP contribution in [0.2, 0.25) is 0 Å². The number of carbonyl (C=O) groups is 2. The zero-order chi connectivity index (χ0) is 17.7. The summed E-state index contributed by atoms with van der Waals surface area (Å²) in [7, 11) is 0. The van der Waals surface area contributed by atoms with Crippen molar-refractivity contribution >= 4 is 28.4 Å². The Labute approximate surface area is 144 Å². The molecule has 128 valence electrons. The molecule has 2 rings (SSSR count). The highest BCUT2D eigenvalue weighted by molar-refractivity contribution is 7.15. The van der Waals surface area contributed by atoms with Gasteiger partial charge in [-0.05, 0) is 18.1 Å². The Morgan fingerprint density at radius 3 is 2.54 bits per heavy atom. The van der Waals surface area contributed by atoms with Crippen LogP contribution in [0.1, 0.15) is 48.4 Å². The topological polar surface area (TPSA) is 110 Å². The molecule has 0 saturated heterocycles. The number of rotatable bonds is 6. The van der Waals surface area contributed by atoms with Crippen molar-refractivity contribution in [1.82, 2.24) is 15.5 Å². The van der Waals surface area contributed by atoms with Crippen molar-refractivity contribution in [2.75, 3.05) is 5.32 Å². The van der Waals surface area contributed by atoms with Crippen molar-refractivity contribution in [1.29, 1.82) is 0 Å². The van der Waals surface area contributed by atoms with E-state index in [0.29, 0.717) is 5.13 Å². The van der Waals surface area contributed by atoms with E-state index in [4.69, 9.17) is 5.73 Å². The van der Waals surface area contributed by atoms with Crippen LogP contribution in [0.25, 0.3) is 0 Å². The highest BCUT2D eigenvalue weighted by Gasteiger charge is 2.20. The second-order valence-electron chi connectivity index (χ2n) is 5.77. The summed E-state index contributed by atoms with van der Waals surface area (Å²) in [4.78, 5) is 23.6. The molecule has 0 radical (unpaired) electrons. The second kappa shape index (κ2) is 7.87. The first-order valence-corrected chi connectivity index (χ1v) is 8.43. The van der Waals surface area contributed by atoms with Gasteiger partial charge in [0.2, 0.25) is 11.0 Å². The van der Waals surface area contributed by atoms with Crippen molar-refractivity contribution in [2.45, 2.75) is 39.2 Å². The molecule has 2 aromatic rings. The summed E-state index contributed by atoms with van der Waals surface area (Å²) in [5.74, 6) is -0.00661. The van der Waals surface area contributed by atoms with Gasteiger partial charge in [0.25, 0.3) is 0 Å². The Bertz CT molecular complexity index is 729. The van der Waals surface area contributed by atoms with E-state index in [9.17, 15) is 9.59 Å². The van der Waals surface area contributed by atoms with Crippen molar-refractivity contribution < 1.29 is 9.59 Å². The first kappa shape index (κ1) is 17.9. The van der Waals surface area contributed by atoms with Crippen molar-refractivity contribution in [3.8, 4) is 0 Å². The fraction of sp³-hybridized carbons (Fsp3) is 0.375. The Morgan fingerprint density at radius 1 is 1.25 bits per heavy atom. The summed E-state index contributed by atoms with van der Waals surface area (Å²) in [5, 5.41) is 14.6. The van der Waals surface area contributed by atoms with E-state index < -0.39 is 12.1 Å². The maximum Gasteiger partial charge on any atom is 0.312 e. The number of nitrogens with zero attached hydrogens (tertiary/aromatic N) is 2. The molecule has 0 bridgehead atoms. The lowest BCUT2D eigenvalue weighted by Gasteiger charge is -2.19. The molecule has 3 amide bonds. The first-order valence-electron chi connectivity index (χ1n) is 7.61. The number of hydrogen-bond acceptors (Lipinski definition) is 5. The lowest BCUT2D eigenvalue weighted by atomic mass is 9.98. The van der Waals surface area contributed by atoms with Crippen LogP contribution in [0, 0.1) is 6.92 Å². The van der Waals surface area contributed by atoms with Gasteiger partial charge in [0.15, 0.2) is 0 Å². The van der Waals surface area contributed by atoms with E-state index >= 15 is 0 Å². The number of carbonyl (C=O) groups excluding carboxylic acids is 2. The van der Waals surface area contributed by atoms with E-state index in [1.807, 2.05) is 45.0 Å². The first-order chi connectivity index (χ1) is 11.4. The number of hydrogen-bond donors (Lipinski definition) is 3. The van der Waals surface area contributed by atoms with Gasteiger partial charge in [-0.3, -0.25) is 4.79 Å². The van der Waals surface area contributed by atoms with E-state index in [1.165, 1.54) is 11.3 Å². The standard InChI is InChI=1S/C16H21N5O2S/c1-9(2)14-20-21-16(24-14)19-13(22)8-12(18-15(17)23)11-7-5-4-6-10(11)3/h4-7,9,12H,8H2,1-3H3,(H3,17,18,23)(H,19,21,22)/t12-/m1/s1. The number of aryl methyl sites for hydroxylation is 1. The van der Waals surface area contributed by atoms with Gasteiger partial charge < -0.3 is 16.4 Å². The molecule has 24 heavy (non-hydrogen) atoms. The third kappa shape index (κ3) is 4.76. The largest absolute Gasteiger partial charge is 0.352 e. The maximum absolute atomic E-state index is 12.3. The van der Waals surface area contributed by atoms with Crippen molar-refractivity contribution in [3.05, 3.63) is 40.4 Å². The molecule has 0 unspecified atom stereocenters. The van der Waals surface area contributed by atoms with Crippen LogP contribution < -0.4 is 16.4 Å². The molecule has 7 nitrogen and oxygen atoms in total. The minimum atomic E-state index is -0.672. The minimum absolute atomic E-state index is 0.0599. The van der Waals surface area contributed by atoms with Crippen LogP contribution >= 0.6 is 11.3 Å². The van der Waals surface area contributed by atoms with Gasteiger partial charge in [0.05, 0.1) is 12.5 Å². The lowest BCUT2D eigenvalue weighted by molar-refractivity contribution is -0.116. The molecule has 1 aromatic carbocycles. The van der Waals surface area contributed by atoms with Gasteiger partial charge >= 0.3 is 6.03 Å². The third-order valence-corrected chi connectivity index (χ3v) is 4.59. The number of urea groups is 1. The number of benzene rings is 1. The lowest BCUT2D eigenvalue weighted by Crippen LogP contribution is -2.35. The summed E-state index contributed by atoms with van der Waals surface area (Å²) >= 11 is 1.34. The molecule has 8 heteroatoms. The minimum Gasteiger partial charge on any atom is -0.352 e. The maximum atomic E-state index is 12.3.